The Labute approximate surface area is 170 Å². The van der Waals surface area contributed by atoms with Gasteiger partial charge in [0.25, 0.3) is 0 Å². The Morgan fingerprint density at radius 1 is 1.25 bits per heavy atom. The van der Waals surface area contributed by atoms with Gasteiger partial charge in [0.05, 0.1) is 11.6 Å². The van der Waals surface area contributed by atoms with Crippen molar-refractivity contribution in [1.82, 2.24) is 10.2 Å². The molecule has 1 aliphatic rings. The quantitative estimate of drug-likeness (QED) is 0.490. The predicted molar refractivity (Wildman–Crippen MR) is 106 cm³/mol. The number of aromatic nitrogens is 2. The SMILES string of the molecule is Cc1nnc(CC2CCC(C(=O)c3ccc(OCCCCO)cc3Cl)CC2)o1. The minimum atomic E-state index is 0.00879. The van der Waals surface area contributed by atoms with Crippen LogP contribution in [-0.2, 0) is 6.42 Å². The van der Waals surface area contributed by atoms with Gasteiger partial charge in [-0.3, -0.25) is 4.79 Å². The van der Waals surface area contributed by atoms with Crippen molar-refractivity contribution in [3.63, 3.8) is 0 Å². The maximum absolute atomic E-state index is 12.9. The Bertz CT molecular complexity index is 784. The molecule has 2 aromatic rings. The van der Waals surface area contributed by atoms with Gasteiger partial charge in [0.2, 0.25) is 11.8 Å². The third-order valence-corrected chi connectivity index (χ3v) is 5.59. The third-order valence-electron chi connectivity index (χ3n) is 5.28. The molecular formula is C21H27ClN2O4. The van der Waals surface area contributed by atoms with Gasteiger partial charge in [0.15, 0.2) is 5.78 Å². The summed E-state index contributed by atoms with van der Waals surface area (Å²) in [4.78, 5) is 12.9. The van der Waals surface area contributed by atoms with Gasteiger partial charge in [-0.25, -0.2) is 0 Å². The van der Waals surface area contributed by atoms with E-state index in [-0.39, 0.29) is 18.3 Å². The lowest BCUT2D eigenvalue weighted by Crippen LogP contribution is -2.23. The molecule has 28 heavy (non-hydrogen) atoms. The molecule has 1 fully saturated rings. The molecule has 0 unspecified atom stereocenters. The Morgan fingerprint density at radius 2 is 2.04 bits per heavy atom. The molecule has 1 saturated carbocycles. The lowest BCUT2D eigenvalue weighted by Gasteiger charge is -2.27. The van der Waals surface area contributed by atoms with Crippen molar-refractivity contribution in [2.45, 2.75) is 51.9 Å². The zero-order chi connectivity index (χ0) is 19.9. The zero-order valence-electron chi connectivity index (χ0n) is 16.2. The number of ether oxygens (including phenoxy) is 1. The average Bonchev–Trinajstić information content (AvgIpc) is 3.10. The average molecular weight is 407 g/mol. The highest BCUT2D eigenvalue weighted by atomic mass is 35.5. The summed E-state index contributed by atoms with van der Waals surface area (Å²) >= 11 is 6.35. The highest BCUT2D eigenvalue weighted by Crippen LogP contribution is 2.34. The van der Waals surface area contributed by atoms with Gasteiger partial charge in [-0.1, -0.05) is 11.6 Å². The second-order valence-corrected chi connectivity index (χ2v) is 7.83. The van der Waals surface area contributed by atoms with E-state index in [4.69, 9.17) is 25.9 Å². The number of unbranched alkanes of at least 4 members (excludes halogenated alkanes) is 1. The molecule has 0 radical (unpaired) electrons. The van der Waals surface area contributed by atoms with Crippen LogP contribution in [-0.4, -0.2) is 34.3 Å². The monoisotopic (exact) mass is 406 g/mol. The zero-order valence-corrected chi connectivity index (χ0v) is 17.0. The first-order valence-corrected chi connectivity index (χ1v) is 10.3. The van der Waals surface area contributed by atoms with Gasteiger partial charge in [0.1, 0.15) is 5.75 Å². The van der Waals surface area contributed by atoms with Crippen molar-refractivity contribution in [3.8, 4) is 5.75 Å². The molecule has 0 bridgehead atoms. The Balaban J connectivity index is 1.51. The van der Waals surface area contributed by atoms with Crippen LogP contribution in [0.2, 0.25) is 5.02 Å². The number of aliphatic hydroxyl groups is 1. The van der Waals surface area contributed by atoms with E-state index in [1.54, 1.807) is 25.1 Å². The summed E-state index contributed by atoms with van der Waals surface area (Å²) in [5.74, 6) is 2.53. The standard InChI is InChI=1S/C21H27ClN2O4/c1-14-23-24-20(28-14)12-15-4-6-16(7-5-15)21(26)18-9-8-17(13-19(18)22)27-11-3-2-10-25/h8-9,13,15-16,25H,2-7,10-12H2,1H3. The van der Waals surface area contributed by atoms with Gasteiger partial charge in [-0.15, -0.1) is 10.2 Å². The van der Waals surface area contributed by atoms with E-state index in [1.807, 2.05) is 0 Å². The molecule has 0 spiro atoms. The van der Waals surface area contributed by atoms with Gasteiger partial charge in [0, 0.05) is 31.4 Å². The van der Waals surface area contributed by atoms with Crippen LogP contribution < -0.4 is 4.74 Å². The largest absolute Gasteiger partial charge is 0.494 e. The number of carbonyl (C=O) groups is 1. The second kappa shape index (κ2) is 10.0. The first-order chi connectivity index (χ1) is 13.6. The number of aryl methyl sites for hydroxylation is 1. The molecule has 6 nitrogen and oxygen atoms in total. The maximum Gasteiger partial charge on any atom is 0.216 e. The molecule has 1 N–H and O–H groups in total. The van der Waals surface area contributed by atoms with Gasteiger partial charge < -0.3 is 14.3 Å². The molecule has 3 rings (SSSR count). The summed E-state index contributed by atoms with van der Waals surface area (Å²) in [7, 11) is 0. The van der Waals surface area contributed by atoms with Crippen LogP contribution in [0.4, 0.5) is 0 Å². The molecular weight excluding hydrogens is 380 g/mol. The fourth-order valence-corrected chi connectivity index (χ4v) is 3.97. The van der Waals surface area contributed by atoms with Gasteiger partial charge >= 0.3 is 0 Å². The number of aliphatic hydroxyl groups excluding tert-OH is 1. The summed E-state index contributed by atoms with van der Waals surface area (Å²) in [5, 5.41) is 17.2. The summed E-state index contributed by atoms with van der Waals surface area (Å²) in [6.45, 7) is 2.48. The predicted octanol–water partition coefficient (Wildman–Crippen LogP) is 4.41. The fraction of sp³-hybridized carbons (Fsp3) is 0.571. The smallest absolute Gasteiger partial charge is 0.216 e. The van der Waals surface area contributed by atoms with Crippen molar-refractivity contribution < 1.29 is 19.1 Å². The van der Waals surface area contributed by atoms with Crippen LogP contribution in [0, 0.1) is 18.8 Å². The number of halogens is 1. The van der Waals surface area contributed by atoms with Crippen LogP contribution in [0.15, 0.2) is 22.6 Å². The van der Waals surface area contributed by atoms with Crippen LogP contribution in [0.25, 0.3) is 0 Å². The molecule has 7 heteroatoms. The Morgan fingerprint density at radius 3 is 2.68 bits per heavy atom. The van der Waals surface area contributed by atoms with E-state index in [2.05, 4.69) is 10.2 Å². The molecule has 0 atom stereocenters. The van der Waals surface area contributed by atoms with E-state index >= 15 is 0 Å². The molecule has 1 heterocycles. The number of nitrogens with zero attached hydrogens (tertiary/aromatic N) is 2. The van der Waals surface area contributed by atoms with Crippen LogP contribution in [0.3, 0.4) is 0 Å². The fourth-order valence-electron chi connectivity index (χ4n) is 3.70. The number of hydrogen-bond donors (Lipinski definition) is 1. The summed E-state index contributed by atoms with van der Waals surface area (Å²) < 4.78 is 11.1. The van der Waals surface area contributed by atoms with Gasteiger partial charge in [-0.05, 0) is 62.6 Å². The molecule has 0 aliphatic heterocycles. The minimum absolute atomic E-state index is 0.00879. The summed E-state index contributed by atoms with van der Waals surface area (Å²) in [6, 6.07) is 5.26. The number of ketones is 1. The lowest BCUT2D eigenvalue weighted by atomic mass is 9.77. The lowest BCUT2D eigenvalue weighted by molar-refractivity contribution is 0.0871. The summed E-state index contributed by atoms with van der Waals surface area (Å²) in [6.07, 6.45) is 5.92. The van der Waals surface area contributed by atoms with Crippen molar-refractivity contribution in [3.05, 3.63) is 40.6 Å². The minimum Gasteiger partial charge on any atom is -0.494 e. The van der Waals surface area contributed by atoms with E-state index in [1.165, 1.54) is 0 Å². The van der Waals surface area contributed by atoms with Crippen molar-refractivity contribution in [2.24, 2.45) is 11.8 Å². The molecule has 1 aliphatic carbocycles. The van der Waals surface area contributed by atoms with Gasteiger partial charge in [-0.2, -0.15) is 0 Å². The first kappa shape index (κ1) is 20.8. The van der Waals surface area contributed by atoms with Crippen LogP contribution in [0.5, 0.6) is 5.75 Å². The van der Waals surface area contributed by atoms with E-state index in [0.29, 0.717) is 47.1 Å². The Hall–Kier alpha value is -1.92. The number of Topliss-reactive ketones (excluding diaryl/α,β-unsaturated/α-hetero) is 1. The molecule has 0 saturated heterocycles. The van der Waals surface area contributed by atoms with E-state index < -0.39 is 0 Å². The number of rotatable bonds is 9. The number of hydrogen-bond acceptors (Lipinski definition) is 6. The van der Waals surface area contributed by atoms with E-state index in [9.17, 15) is 4.79 Å². The topological polar surface area (TPSA) is 85.5 Å². The van der Waals surface area contributed by atoms with Crippen molar-refractivity contribution in [1.29, 1.82) is 0 Å². The Kier molecular flexibility index (Phi) is 7.45. The van der Waals surface area contributed by atoms with Crippen LogP contribution in [0.1, 0.15) is 60.7 Å². The third kappa shape index (κ3) is 5.55. The molecule has 152 valence electrons. The molecule has 1 aromatic carbocycles. The van der Waals surface area contributed by atoms with Crippen molar-refractivity contribution in [2.75, 3.05) is 13.2 Å². The summed E-state index contributed by atoms with van der Waals surface area (Å²) in [5.41, 5.74) is 0.570. The normalized spacial score (nSPS) is 19.5. The molecule has 1 aromatic heterocycles. The first-order valence-electron chi connectivity index (χ1n) is 9.93. The number of carbonyl (C=O) groups excluding carboxylic acids is 1. The second-order valence-electron chi connectivity index (χ2n) is 7.42. The highest BCUT2D eigenvalue weighted by molar-refractivity contribution is 6.34. The highest BCUT2D eigenvalue weighted by Gasteiger charge is 2.29. The van der Waals surface area contributed by atoms with E-state index in [0.717, 1.165) is 38.5 Å². The maximum atomic E-state index is 12.9. The van der Waals surface area contributed by atoms with Crippen LogP contribution >= 0.6 is 11.6 Å². The van der Waals surface area contributed by atoms with Crippen molar-refractivity contribution >= 4 is 17.4 Å². The molecule has 0 amide bonds. The number of benzene rings is 1.